The first kappa shape index (κ1) is 13.5. The van der Waals surface area contributed by atoms with Crippen molar-refractivity contribution < 1.29 is 0 Å². The lowest BCUT2D eigenvalue weighted by atomic mass is 10.4. The molecule has 0 rings (SSSR count). The Morgan fingerprint density at radius 1 is 0.833 bits per heavy atom. The van der Waals surface area contributed by atoms with Crippen LogP contribution < -0.4 is 0 Å². The summed E-state index contributed by atoms with van der Waals surface area (Å²) in [5, 5.41) is 0. The van der Waals surface area contributed by atoms with Gasteiger partial charge in [0, 0.05) is 0 Å². The highest BCUT2D eigenvalue weighted by Crippen LogP contribution is 1.79. The Balaban J connectivity index is 0. The minimum absolute atomic E-state index is 0.997. The zero-order chi connectivity index (χ0) is 9.66. The van der Waals surface area contributed by atoms with Gasteiger partial charge in [0.15, 0.2) is 0 Å². The van der Waals surface area contributed by atoms with Crippen molar-refractivity contribution in [2.24, 2.45) is 0 Å². The van der Waals surface area contributed by atoms with Crippen LogP contribution in [0.5, 0.6) is 0 Å². The fourth-order valence-electron chi connectivity index (χ4n) is 0.465. The van der Waals surface area contributed by atoms with Gasteiger partial charge in [-0.15, -0.1) is 13.2 Å². The van der Waals surface area contributed by atoms with E-state index in [0.717, 1.165) is 12.8 Å². The Bertz CT molecular complexity index is 120. The van der Waals surface area contributed by atoms with Gasteiger partial charge in [0.1, 0.15) is 0 Å². The van der Waals surface area contributed by atoms with Gasteiger partial charge in [-0.3, -0.25) is 0 Å². The summed E-state index contributed by atoms with van der Waals surface area (Å²) >= 11 is 0. The van der Waals surface area contributed by atoms with E-state index < -0.39 is 0 Å². The lowest BCUT2D eigenvalue weighted by Gasteiger charge is -1.69. The molecule has 0 heterocycles. The summed E-state index contributed by atoms with van der Waals surface area (Å²) in [4.78, 5) is 0. The van der Waals surface area contributed by atoms with E-state index in [1.165, 1.54) is 0 Å². The van der Waals surface area contributed by atoms with E-state index >= 15 is 0 Å². The second-order valence-corrected chi connectivity index (χ2v) is 2.19. The summed E-state index contributed by atoms with van der Waals surface area (Å²) in [5.41, 5.74) is 0. The molecule has 0 nitrogen and oxygen atoms in total. The maximum absolute atomic E-state index is 3.55. The van der Waals surface area contributed by atoms with Gasteiger partial charge < -0.3 is 0 Å². The molecule has 0 aromatic rings. The van der Waals surface area contributed by atoms with E-state index in [9.17, 15) is 0 Å². The van der Waals surface area contributed by atoms with Crippen molar-refractivity contribution in [1.82, 2.24) is 0 Å². The van der Waals surface area contributed by atoms with Crippen LogP contribution in [-0.2, 0) is 0 Å². The third-order valence-electron chi connectivity index (χ3n) is 1.08. The average Bonchev–Trinajstić information content (AvgIpc) is 2.12. The smallest absolute Gasteiger partial charge is 0.0172 e. The number of hydrogen-bond donors (Lipinski definition) is 0. The zero-order valence-electron chi connectivity index (χ0n) is 8.29. The summed E-state index contributed by atoms with van der Waals surface area (Å²) in [5.74, 6) is 0. The van der Waals surface area contributed by atoms with E-state index in [2.05, 4.69) is 25.3 Å². The molecule has 0 heteroatoms. The highest BCUT2D eigenvalue weighted by Gasteiger charge is 1.58. The molecule has 0 aromatic carbocycles. The van der Waals surface area contributed by atoms with Gasteiger partial charge in [-0.05, 0) is 26.7 Å². The van der Waals surface area contributed by atoms with Crippen molar-refractivity contribution in [3.05, 3.63) is 49.6 Å². The largest absolute Gasteiger partial charge is 0.103 e. The van der Waals surface area contributed by atoms with Crippen molar-refractivity contribution in [3.63, 3.8) is 0 Å². The highest BCUT2D eigenvalue weighted by atomic mass is 13.7. The standard InChI is InChI=1S/2C6H10/c2*1-3-5-6-4-2/h2*3-4,6H,1,5H2,2H3. The maximum Gasteiger partial charge on any atom is -0.0172 e. The van der Waals surface area contributed by atoms with Crippen LogP contribution in [0.4, 0.5) is 0 Å². The quantitative estimate of drug-likeness (QED) is 0.544. The molecular weight excluding hydrogens is 144 g/mol. The monoisotopic (exact) mass is 164 g/mol. The minimum Gasteiger partial charge on any atom is -0.103 e. The van der Waals surface area contributed by atoms with E-state index in [4.69, 9.17) is 0 Å². The summed E-state index contributed by atoms with van der Waals surface area (Å²) in [7, 11) is 0. The molecule has 0 spiro atoms. The number of rotatable bonds is 4. The molecule has 0 amide bonds. The molecule has 12 heavy (non-hydrogen) atoms. The predicted molar refractivity (Wildman–Crippen MR) is 59.3 cm³/mol. The second kappa shape index (κ2) is 16.5. The topological polar surface area (TPSA) is 0 Å². The van der Waals surface area contributed by atoms with Gasteiger partial charge in [0.25, 0.3) is 0 Å². The molecule has 0 N–H and O–H groups in total. The average molecular weight is 164 g/mol. The van der Waals surface area contributed by atoms with E-state index in [1.807, 2.05) is 38.2 Å². The summed E-state index contributed by atoms with van der Waals surface area (Å²) < 4.78 is 0. The first-order valence-corrected chi connectivity index (χ1v) is 4.27. The molecular formula is C12H20. The predicted octanol–water partition coefficient (Wildman–Crippen LogP) is 4.28. The fourth-order valence-corrected chi connectivity index (χ4v) is 0.465. The normalized spacial score (nSPS) is 9.50. The fraction of sp³-hybridized carbons (Fsp3) is 0.333. The molecule has 0 saturated heterocycles. The van der Waals surface area contributed by atoms with Gasteiger partial charge >= 0.3 is 0 Å². The third kappa shape index (κ3) is 23.1. The molecule has 0 aliphatic carbocycles. The molecule has 0 aromatic heterocycles. The van der Waals surface area contributed by atoms with Gasteiger partial charge in [0.2, 0.25) is 0 Å². The molecule has 0 aliphatic heterocycles. The van der Waals surface area contributed by atoms with Crippen LogP contribution in [0.1, 0.15) is 26.7 Å². The number of allylic oxidation sites excluding steroid dienone is 6. The van der Waals surface area contributed by atoms with Crippen molar-refractivity contribution in [2.45, 2.75) is 26.7 Å². The Kier molecular flexibility index (Phi) is 18.6. The van der Waals surface area contributed by atoms with E-state index in [1.54, 1.807) is 0 Å². The van der Waals surface area contributed by atoms with Crippen LogP contribution in [0.25, 0.3) is 0 Å². The molecule has 0 radical (unpaired) electrons. The third-order valence-corrected chi connectivity index (χ3v) is 1.08. The van der Waals surface area contributed by atoms with Crippen molar-refractivity contribution in [3.8, 4) is 0 Å². The van der Waals surface area contributed by atoms with Gasteiger partial charge in [0.05, 0.1) is 0 Å². The molecule has 0 aliphatic rings. The van der Waals surface area contributed by atoms with E-state index in [0.29, 0.717) is 0 Å². The van der Waals surface area contributed by atoms with E-state index in [-0.39, 0.29) is 0 Å². The lowest BCUT2D eigenvalue weighted by molar-refractivity contribution is 1.39. The van der Waals surface area contributed by atoms with Gasteiger partial charge in [-0.25, -0.2) is 0 Å². The minimum atomic E-state index is 0.997. The van der Waals surface area contributed by atoms with Crippen LogP contribution in [-0.4, -0.2) is 0 Å². The van der Waals surface area contributed by atoms with Crippen LogP contribution in [0, 0.1) is 0 Å². The molecule has 0 saturated carbocycles. The Morgan fingerprint density at radius 3 is 1.25 bits per heavy atom. The lowest BCUT2D eigenvalue weighted by Crippen LogP contribution is -1.48. The van der Waals surface area contributed by atoms with Crippen LogP contribution in [0.3, 0.4) is 0 Å². The highest BCUT2D eigenvalue weighted by molar-refractivity contribution is 4.85. The van der Waals surface area contributed by atoms with Gasteiger partial charge in [-0.1, -0.05) is 36.5 Å². The maximum atomic E-state index is 3.55. The Hall–Kier alpha value is -1.04. The van der Waals surface area contributed by atoms with Crippen molar-refractivity contribution >= 4 is 0 Å². The SMILES string of the molecule is C=CCC=CC.C=CCC=CC. The first-order valence-electron chi connectivity index (χ1n) is 4.27. The van der Waals surface area contributed by atoms with Crippen molar-refractivity contribution in [1.29, 1.82) is 0 Å². The zero-order valence-corrected chi connectivity index (χ0v) is 8.29. The Morgan fingerprint density at radius 2 is 1.17 bits per heavy atom. The molecule has 68 valence electrons. The molecule has 0 fully saturated rings. The Labute approximate surface area is 77.0 Å². The summed E-state index contributed by atoms with van der Waals surface area (Å²) in [6.07, 6.45) is 13.9. The van der Waals surface area contributed by atoms with Gasteiger partial charge in [-0.2, -0.15) is 0 Å². The first-order chi connectivity index (χ1) is 5.83. The van der Waals surface area contributed by atoms with Crippen molar-refractivity contribution in [2.75, 3.05) is 0 Å². The molecule has 0 unspecified atom stereocenters. The molecule has 0 atom stereocenters. The second-order valence-electron chi connectivity index (χ2n) is 2.19. The summed E-state index contributed by atoms with van der Waals surface area (Å²) in [6, 6.07) is 0. The summed E-state index contributed by atoms with van der Waals surface area (Å²) in [6.45, 7) is 11.1. The number of hydrogen-bond acceptors (Lipinski definition) is 0. The van der Waals surface area contributed by atoms with Crippen LogP contribution >= 0.6 is 0 Å². The van der Waals surface area contributed by atoms with Crippen LogP contribution in [0.2, 0.25) is 0 Å². The molecule has 0 bridgehead atoms. The van der Waals surface area contributed by atoms with Crippen LogP contribution in [0.15, 0.2) is 49.6 Å².